The molecule has 1 aliphatic heterocycles. The molecule has 0 radical (unpaired) electrons. The predicted octanol–water partition coefficient (Wildman–Crippen LogP) is 5.44. The maximum Gasteiger partial charge on any atom is 0.256 e. The zero-order chi connectivity index (χ0) is 20.8. The third kappa shape index (κ3) is 3.88. The van der Waals surface area contributed by atoms with E-state index in [1.165, 1.54) is 0 Å². The second-order valence-corrected chi connectivity index (χ2v) is 8.53. The van der Waals surface area contributed by atoms with Crippen LogP contribution < -0.4 is 0 Å². The highest BCUT2D eigenvalue weighted by Gasteiger charge is 2.29. The normalized spacial score (nSPS) is 13.7. The topological polar surface area (TPSA) is 53.4 Å². The Bertz CT molecular complexity index is 1070. The van der Waals surface area contributed by atoms with E-state index in [1.807, 2.05) is 36.4 Å². The molecule has 0 aliphatic carbocycles. The van der Waals surface area contributed by atoms with E-state index in [4.69, 9.17) is 23.2 Å². The first-order chi connectivity index (χ1) is 13.7. The molecule has 1 aromatic heterocycles. The number of hydrogen-bond donors (Lipinski definition) is 1. The van der Waals surface area contributed by atoms with E-state index in [2.05, 4.69) is 4.98 Å². The molecular formula is C23H20Cl2N2O2. The lowest BCUT2D eigenvalue weighted by molar-refractivity contribution is 0.0764. The summed E-state index contributed by atoms with van der Waals surface area (Å²) in [5, 5.41) is 11.1. The molecule has 0 saturated carbocycles. The number of rotatable bonds is 4. The van der Waals surface area contributed by atoms with Gasteiger partial charge >= 0.3 is 0 Å². The van der Waals surface area contributed by atoms with Crippen LogP contribution in [0.5, 0.6) is 0 Å². The standard InChI is InChI=1S/C23H20Cl2N2O2/c1-23(2,29)16-7-5-14(6-8-16)15-10-19(24)18(20(25)11-15)12-27-13-21-17(22(27)28)4-3-9-26-21/h3-11,29H,12-13H2,1-2H3. The first-order valence-electron chi connectivity index (χ1n) is 9.28. The fraction of sp³-hybridized carbons (Fsp3) is 0.217. The number of pyridine rings is 1. The number of halogens is 2. The summed E-state index contributed by atoms with van der Waals surface area (Å²) in [7, 11) is 0. The lowest BCUT2D eigenvalue weighted by Gasteiger charge is -2.19. The molecule has 0 saturated heterocycles. The molecule has 1 aliphatic rings. The van der Waals surface area contributed by atoms with Crippen LogP contribution in [0.25, 0.3) is 11.1 Å². The van der Waals surface area contributed by atoms with Gasteiger partial charge < -0.3 is 10.0 Å². The Morgan fingerprint density at radius 3 is 2.31 bits per heavy atom. The largest absolute Gasteiger partial charge is 0.386 e. The van der Waals surface area contributed by atoms with Gasteiger partial charge in [-0.15, -0.1) is 0 Å². The summed E-state index contributed by atoms with van der Waals surface area (Å²) in [6, 6.07) is 14.9. The Hall–Kier alpha value is -2.40. The number of nitrogens with zero attached hydrogens (tertiary/aromatic N) is 2. The van der Waals surface area contributed by atoms with Crippen molar-refractivity contribution in [3.63, 3.8) is 0 Å². The van der Waals surface area contributed by atoms with E-state index in [9.17, 15) is 9.90 Å². The van der Waals surface area contributed by atoms with E-state index >= 15 is 0 Å². The van der Waals surface area contributed by atoms with Crippen LogP contribution in [-0.4, -0.2) is 20.9 Å². The van der Waals surface area contributed by atoms with E-state index in [0.29, 0.717) is 34.3 Å². The first-order valence-corrected chi connectivity index (χ1v) is 10.0. The molecule has 2 heterocycles. The summed E-state index contributed by atoms with van der Waals surface area (Å²) in [5.41, 5.74) is 3.87. The van der Waals surface area contributed by atoms with Crippen molar-refractivity contribution in [2.75, 3.05) is 0 Å². The average Bonchev–Trinajstić information content (AvgIpc) is 3.00. The summed E-state index contributed by atoms with van der Waals surface area (Å²) >= 11 is 13.1. The third-order valence-corrected chi connectivity index (χ3v) is 5.84. The molecule has 6 heteroatoms. The van der Waals surface area contributed by atoms with E-state index in [-0.39, 0.29) is 5.91 Å². The lowest BCUT2D eigenvalue weighted by Crippen LogP contribution is -2.23. The van der Waals surface area contributed by atoms with Crippen LogP contribution in [0.2, 0.25) is 10.0 Å². The molecule has 0 unspecified atom stereocenters. The van der Waals surface area contributed by atoms with Crippen LogP contribution in [0.3, 0.4) is 0 Å². The van der Waals surface area contributed by atoms with Crippen molar-refractivity contribution in [3.8, 4) is 11.1 Å². The molecule has 4 rings (SSSR count). The predicted molar refractivity (Wildman–Crippen MR) is 115 cm³/mol. The van der Waals surface area contributed by atoms with Gasteiger partial charge in [0.05, 0.1) is 23.4 Å². The van der Waals surface area contributed by atoms with Crippen LogP contribution in [0.15, 0.2) is 54.7 Å². The van der Waals surface area contributed by atoms with Crippen LogP contribution >= 0.6 is 23.2 Å². The molecule has 0 atom stereocenters. The third-order valence-electron chi connectivity index (χ3n) is 5.16. The van der Waals surface area contributed by atoms with Crippen LogP contribution in [0.1, 0.15) is 41.0 Å². The van der Waals surface area contributed by atoms with Crippen molar-refractivity contribution in [1.29, 1.82) is 0 Å². The molecule has 4 nitrogen and oxygen atoms in total. The van der Waals surface area contributed by atoms with Gasteiger partial charge in [-0.05, 0) is 54.8 Å². The Morgan fingerprint density at radius 2 is 1.72 bits per heavy atom. The average molecular weight is 427 g/mol. The minimum atomic E-state index is -0.896. The zero-order valence-electron chi connectivity index (χ0n) is 16.1. The molecule has 1 amide bonds. The summed E-state index contributed by atoms with van der Waals surface area (Å²) in [6.45, 7) is 4.27. The second kappa shape index (κ2) is 7.45. The van der Waals surface area contributed by atoms with Gasteiger partial charge in [-0.1, -0.05) is 47.5 Å². The number of aromatic nitrogens is 1. The van der Waals surface area contributed by atoms with Crippen LogP contribution in [0.4, 0.5) is 0 Å². The molecule has 1 N–H and O–H groups in total. The van der Waals surface area contributed by atoms with Gasteiger partial charge in [-0.3, -0.25) is 9.78 Å². The highest BCUT2D eigenvalue weighted by atomic mass is 35.5. The number of carbonyl (C=O) groups is 1. The van der Waals surface area contributed by atoms with Gasteiger partial charge in [0.2, 0.25) is 0 Å². The fourth-order valence-corrected chi connectivity index (χ4v) is 4.10. The number of hydrogen-bond acceptors (Lipinski definition) is 3. The number of carbonyl (C=O) groups excluding carboxylic acids is 1. The van der Waals surface area contributed by atoms with Gasteiger partial charge in [0.1, 0.15) is 0 Å². The summed E-state index contributed by atoms with van der Waals surface area (Å²) < 4.78 is 0. The Labute approximate surface area is 179 Å². The van der Waals surface area contributed by atoms with Gasteiger partial charge in [-0.25, -0.2) is 0 Å². The van der Waals surface area contributed by atoms with E-state index in [1.54, 1.807) is 37.1 Å². The second-order valence-electron chi connectivity index (χ2n) is 7.71. The number of fused-ring (bicyclic) bond motifs is 1. The first kappa shape index (κ1) is 19.9. The van der Waals surface area contributed by atoms with Crippen molar-refractivity contribution in [1.82, 2.24) is 9.88 Å². The maximum atomic E-state index is 12.6. The quantitative estimate of drug-likeness (QED) is 0.604. The van der Waals surface area contributed by atoms with Crippen LogP contribution in [0, 0.1) is 0 Å². The minimum absolute atomic E-state index is 0.0634. The molecular weight excluding hydrogens is 407 g/mol. The van der Waals surface area contributed by atoms with Crippen molar-refractivity contribution < 1.29 is 9.90 Å². The molecule has 0 bridgehead atoms. The Kier molecular flexibility index (Phi) is 5.11. The molecule has 0 fully saturated rings. The number of benzene rings is 2. The van der Waals surface area contributed by atoms with E-state index in [0.717, 1.165) is 22.4 Å². The molecule has 29 heavy (non-hydrogen) atoms. The molecule has 148 valence electrons. The number of aliphatic hydroxyl groups is 1. The minimum Gasteiger partial charge on any atom is -0.386 e. The van der Waals surface area contributed by atoms with Crippen LogP contribution in [-0.2, 0) is 18.7 Å². The monoisotopic (exact) mass is 426 g/mol. The van der Waals surface area contributed by atoms with Crippen molar-refractivity contribution >= 4 is 29.1 Å². The Balaban J connectivity index is 1.59. The van der Waals surface area contributed by atoms with Gasteiger partial charge in [0.15, 0.2) is 0 Å². The molecule has 3 aromatic rings. The fourth-order valence-electron chi connectivity index (χ4n) is 3.49. The summed E-state index contributed by atoms with van der Waals surface area (Å²) in [5.74, 6) is -0.0634. The smallest absolute Gasteiger partial charge is 0.256 e. The van der Waals surface area contributed by atoms with Gasteiger partial charge in [0.25, 0.3) is 5.91 Å². The van der Waals surface area contributed by atoms with Gasteiger partial charge in [-0.2, -0.15) is 0 Å². The van der Waals surface area contributed by atoms with Crippen molar-refractivity contribution in [2.24, 2.45) is 0 Å². The highest BCUT2D eigenvalue weighted by Crippen LogP contribution is 2.35. The molecule has 2 aromatic carbocycles. The Morgan fingerprint density at radius 1 is 1.07 bits per heavy atom. The number of amides is 1. The van der Waals surface area contributed by atoms with E-state index < -0.39 is 5.60 Å². The molecule has 0 spiro atoms. The summed E-state index contributed by atoms with van der Waals surface area (Å²) in [4.78, 5) is 18.6. The zero-order valence-corrected chi connectivity index (χ0v) is 17.6. The van der Waals surface area contributed by atoms with Crippen molar-refractivity contribution in [3.05, 3.63) is 87.2 Å². The van der Waals surface area contributed by atoms with Gasteiger partial charge in [0, 0.05) is 28.4 Å². The summed E-state index contributed by atoms with van der Waals surface area (Å²) in [6.07, 6.45) is 1.69. The van der Waals surface area contributed by atoms with Crippen molar-refractivity contribution in [2.45, 2.75) is 32.5 Å². The SMILES string of the molecule is CC(C)(O)c1ccc(-c2cc(Cl)c(CN3Cc4ncccc4C3=O)c(Cl)c2)cc1. The highest BCUT2D eigenvalue weighted by molar-refractivity contribution is 6.36. The lowest BCUT2D eigenvalue weighted by atomic mass is 9.95. The maximum absolute atomic E-state index is 12.6.